The number of hydrogen-bond donors (Lipinski definition) is 2. The molecule has 1 aromatic rings. The lowest BCUT2D eigenvalue weighted by Gasteiger charge is -2.18. The average Bonchev–Trinajstić information content (AvgIpc) is 2.44. The summed E-state index contributed by atoms with van der Waals surface area (Å²) in [4.78, 5) is 33.9. The number of carboxylic acid groups (broad SMARTS) is 1. The van der Waals surface area contributed by atoms with Crippen molar-refractivity contribution in [2.45, 2.75) is 26.8 Å². The van der Waals surface area contributed by atoms with Crippen molar-refractivity contribution in [2.75, 3.05) is 7.11 Å². The molecule has 6 heteroatoms. The standard InChI is InChI=1S/C15H19NO5/c1-15(2,14(19)20)8-12(17)16-9-10-4-6-11(7-5-10)13(18)21-3/h4-7H,8-9H2,1-3H3,(H,16,17)(H,19,20). The third-order valence-corrected chi connectivity index (χ3v) is 3.05. The molecule has 0 aliphatic heterocycles. The zero-order chi connectivity index (χ0) is 16.0. The van der Waals surface area contributed by atoms with E-state index >= 15 is 0 Å². The van der Waals surface area contributed by atoms with Crippen LogP contribution in [0.5, 0.6) is 0 Å². The van der Waals surface area contributed by atoms with E-state index < -0.39 is 17.4 Å². The Balaban J connectivity index is 2.54. The zero-order valence-corrected chi connectivity index (χ0v) is 12.3. The van der Waals surface area contributed by atoms with Gasteiger partial charge >= 0.3 is 11.9 Å². The van der Waals surface area contributed by atoms with Crippen LogP contribution in [0.15, 0.2) is 24.3 Å². The number of carbonyl (C=O) groups is 3. The minimum absolute atomic E-state index is 0.0947. The van der Waals surface area contributed by atoms with Gasteiger partial charge in [0, 0.05) is 13.0 Å². The van der Waals surface area contributed by atoms with E-state index in [4.69, 9.17) is 5.11 Å². The first-order valence-electron chi connectivity index (χ1n) is 6.43. The highest BCUT2D eigenvalue weighted by Gasteiger charge is 2.29. The van der Waals surface area contributed by atoms with Crippen molar-refractivity contribution in [1.29, 1.82) is 0 Å². The van der Waals surface area contributed by atoms with E-state index in [1.165, 1.54) is 21.0 Å². The second kappa shape index (κ2) is 6.88. The number of ether oxygens (including phenoxy) is 1. The van der Waals surface area contributed by atoms with Crippen LogP contribution >= 0.6 is 0 Å². The average molecular weight is 293 g/mol. The highest BCUT2D eigenvalue weighted by Crippen LogP contribution is 2.20. The third kappa shape index (κ3) is 4.91. The number of benzene rings is 1. The van der Waals surface area contributed by atoms with Crippen molar-refractivity contribution in [3.05, 3.63) is 35.4 Å². The van der Waals surface area contributed by atoms with Gasteiger partial charge in [0.2, 0.25) is 5.91 Å². The first kappa shape index (κ1) is 16.7. The molecule has 0 aromatic heterocycles. The molecule has 0 saturated carbocycles. The molecule has 2 N–H and O–H groups in total. The molecule has 1 rings (SSSR count). The summed E-state index contributed by atoms with van der Waals surface area (Å²) in [7, 11) is 1.31. The van der Waals surface area contributed by atoms with E-state index in [0.29, 0.717) is 5.56 Å². The molecule has 0 atom stereocenters. The molecule has 21 heavy (non-hydrogen) atoms. The Morgan fingerprint density at radius 1 is 1.19 bits per heavy atom. The van der Waals surface area contributed by atoms with Crippen LogP contribution in [-0.2, 0) is 20.9 Å². The Morgan fingerprint density at radius 3 is 2.24 bits per heavy atom. The molecule has 114 valence electrons. The summed E-state index contributed by atoms with van der Waals surface area (Å²) in [6.07, 6.45) is -0.0947. The zero-order valence-electron chi connectivity index (χ0n) is 12.3. The molecular formula is C15H19NO5. The van der Waals surface area contributed by atoms with Crippen molar-refractivity contribution in [3.63, 3.8) is 0 Å². The summed E-state index contributed by atoms with van der Waals surface area (Å²) in [5.74, 6) is -1.77. The van der Waals surface area contributed by atoms with Gasteiger partial charge in [-0.3, -0.25) is 9.59 Å². The Bertz CT molecular complexity index is 533. The number of nitrogens with one attached hydrogen (secondary N) is 1. The molecule has 0 radical (unpaired) electrons. The fraction of sp³-hybridized carbons (Fsp3) is 0.400. The van der Waals surface area contributed by atoms with Gasteiger partial charge in [-0.05, 0) is 31.5 Å². The van der Waals surface area contributed by atoms with Crippen LogP contribution in [0.4, 0.5) is 0 Å². The third-order valence-electron chi connectivity index (χ3n) is 3.05. The Labute approximate surface area is 123 Å². The molecule has 1 amide bonds. The van der Waals surface area contributed by atoms with Gasteiger partial charge in [-0.1, -0.05) is 12.1 Å². The summed E-state index contributed by atoms with van der Waals surface area (Å²) in [6, 6.07) is 6.62. The summed E-state index contributed by atoms with van der Waals surface area (Å²) in [5.41, 5.74) is 0.141. The largest absolute Gasteiger partial charge is 0.481 e. The van der Waals surface area contributed by atoms with Crippen LogP contribution in [0.1, 0.15) is 36.2 Å². The second-order valence-electron chi connectivity index (χ2n) is 5.33. The summed E-state index contributed by atoms with van der Waals surface area (Å²) in [5, 5.41) is 11.6. The van der Waals surface area contributed by atoms with Gasteiger partial charge in [0.1, 0.15) is 0 Å². The van der Waals surface area contributed by atoms with Crippen LogP contribution < -0.4 is 5.32 Å². The Hall–Kier alpha value is -2.37. The monoisotopic (exact) mass is 293 g/mol. The fourth-order valence-corrected chi connectivity index (χ4v) is 1.62. The number of rotatable bonds is 6. The number of methoxy groups -OCH3 is 1. The number of esters is 1. The molecule has 1 aromatic carbocycles. The van der Waals surface area contributed by atoms with E-state index in [1.807, 2.05) is 0 Å². The number of hydrogen-bond acceptors (Lipinski definition) is 4. The number of aliphatic carboxylic acids is 1. The lowest BCUT2D eigenvalue weighted by Crippen LogP contribution is -2.33. The summed E-state index contributed by atoms with van der Waals surface area (Å²) in [6.45, 7) is 3.27. The first-order chi connectivity index (χ1) is 9.76. The van der Waals surface area contributed by atoms with Crippen LogP contribution in [0, 0.1) is 5.41 Å². The Morgan fingerprint density at radius 2 is 1.76 bits per heavy atom. The van der Waals surface area contributed by atoms with E-state index in [0.717, 1.165) is 5.56 Å². The Kier molecular flexibility index (Phi) is 5.46. The van der Waals surface area contributed by atoms with Crippen molar-refractivity contribution in [2.24, 2.45) is 5.41 Å². The normalized spacial score (nSPS) is 10.8. The molecule has 0 fully saturated rings. The maximum Gasteiger partial charge on any atom is 0.337 e. The van der Waals surface area contributed by atoms with Gasteiger partial charge in [0.25, 0.3) is 0 Å². The van der Waals surface area contributed by atoms with Gasteiger partial charge in [-0.15, -0.1) is 0 Å². The van der Waals surface area contributed by atoms with Gasteiger partial charge < -0.3 is 15.2 Å². The van der Waals surface area contributed by atoms with Gasteiger partial charge in [0.15, 0.2) is 0 Å². The summed E-state index contributed by atoms with van der Waals surface area (Å²) >= 11 is 0. The van der Waals surface area contributed by atoms with Gasteiger partial charge in [-0.2, -0.15) is 0 Å². The predicted molar refractivity (Wildman–Crippen MR) is 75.7 cm³/mol. The molecule has 0 heterocycles. The van der Waals surface area contributed by atoms with Gasteiger partial charge in [-0.25, -0.2) is 4.79 Å². The number of carbonyl (C=O) groups excluding carboxylic acids is 2. The maximum absolute atomic E-state index is 11.7. The second-order valence-corrected chi connectivity index (χ2v) is 5.33. The van der Waals surface area contributed by atoms with Crippen LogP contribution in [0.3, 0.4) is 0 Å². The fourth-order valence-electron chi connectivity index (χ4n) is 1.62. The van der Waals surface area contributed by atoms with E-state index in [-0.39, 0.29) is 18.9 Å². The van der Waals surface area contributed by atoms with E-state index in [1.54, 1.807) is 24.3 Å². The quantitative estimate of drug-likeness (QED) is 0.777. The predicted octanol–water partition coefficient (Wildman–Crippen LogP) is 1.59. The lowest BCUT2D eigenvalue weighted by atomic mass is 9.89. The van der Waals surface area contributed by atoms with Gasteiger partial charge in [0.05, 0.1) is 18.1 Å². The minimum Gasteiger partial charge on any atom is -0.481 e. The smallest absolute Gasteiger partial charge is 0.337 e. The minimum atomic E-state index is -1.10. The molecule has 0 aliphatic rings. The molecule has 0 bridgehead atoms. The van der Waals surface area contributed by atoms with Crippen molar-refractivity contribution < 1.29 is 24.2 Å². The van der Waals surface area contributed by atoms with Crippen LogP contribution in [0.2, 0.25) is 0 Å². The van der Waals surface area contributed by atoms with Crippen molar-refractivity contribution in [3.8, 4) is 0 Å². The van der Waals surface area contributed by atoms with Crippen LogP contribution in [0.25, 0.3) is 0 Å². The number of amides is 1. The lowest BCUT2D eigenvalue weighted by molar-refractivity contribution is -0.149. The highest BCUT2D eigenvalue weighted by atomic mass is 16.5. The molecule has 6 nitrogen and oxygen atoms in total. The SMILES string of the molecule is COC(=O)c1ccc(CNC(=O)CC(C)(C)C(=O)O)cc1. The van der Waals surface area contributed by atoms with E-state index in [9.17, 15) is 14.4 Å². The van der Waals surface area contributed by atoms with Crippen LogP contribution in [-0.4, -0.2) is 30.1 Å². The molecule has 0 spiro atoms. The molecular weight excluding hydrogens is 274 g/mol. The molecule has 0 unspecified atom stereocenters. The highest BCUT2D eigenvalue weighted by molar-refractivity contribution is 5.89. The maximum atomic E-state index is 11.7. The molecule has 0 saturated heterocycles. The number of carboxylic acids is 1. The topological polar surface area (TPSA) is 92.7 Å². The van der Waals surface area contributed by atoms with Crippen molar-refractivity contribution in [1.82, 2.24) is 5.32 Å². The molecule has 0 aliphatic carbocycles. The first-order valence-corrected chi connectivity index (χ1v) is 6.43. The van der Waals surface area contributed by atoms with E-state index in [2.05, 4.69) is 10.1 Å². The summed E-state index contributed by atoms with van der Waals surface area (Å²) < 4.78 is 4.59. The van der Waals surface area contributed by atoms with Crippen molar-refractivity contribution >= 4 is 17.8 Å².